The molecule has 1 aliphatic rings. The fourth-order valence-corrected chi connectivity index (χ4v) is 4.52. The van der Waals surface area contributed by atoms with E-state index in [2.05, 4.69) is 10.2 Å². The smallest absolute Gasteiger partial charge is 0.316 e. The van der Waals surface area contributed by atoms with Crippen LogP contribution in [0.1, 0.15) is 34.9 Å². The second-order valence-electron chi connectivity index (χ2n) is 8.53. The number of urea groups is 1. The summed E-state index contributed by atoms with van der Waals surface area (Å²) in [5.74, 6) is -1.54. The van der Waals surface area contributed by atoms with E-state index in [0.717, 1.165) is 5.56 Å². The van der Waals surface area contributed by atoms with E-state index < -0.39 is 17.9 Å². The molecule has 3 amide bonds. The predicted octanol–water partition coefficient (Wildman–Crippen LogP) is 3.75. The number of carboxylic acid groups (broad SMARTS) is 1. The second-order valence-corrected chi connectivity index (χ2v) is 8.53. The van der Waals surface area contributed by atoms with E-state index in [-0.39, 0.29) is 17.7 Å². The van der Waals surface area contributed by atoms with E-state index in [1.54, 1.807) is 41.3 Å². The number of hydrogen-bond acceptors (Lipinski definition) is 5. The van der Waals surface area contributed by atoms with Gasteiger partial charge in [0.1, 0.15) is 0 Å². The van der Waals surface area contributed by atoms with Crippen molar-refractivity contribution >= 4 is 29.3 Å². The normalized spacial score (nSPS) is 15.3. The molecule has 35 heavy (non-hydrogen) atoms. The highest BCUT2D eigenvalue weighted by atomic mass is 16.4. The number of carbonyl (C=O) groups excluding carboxylic acids is 2. The van der Waals surface area contributed by atoms with E-state index in [0.29, 0.717) is 43.9 Å². The van der Waals surface area contributed by atoms with Crippen molar-refractivity contribution in [1.82, 2.24) is 4.90 Å². The minimum absolute atomic E-state index is 0.132. The molecule has 0 spiro atoms. The van der Waals surface area contributed by atoms with Crippen molar-refractivity contribution in [3.05, 3.63) is 84.3 Å². The Morgan fingerprint density at radius 3 is 2.43 bits per heavy atom. The van der Waals surface area contributed by atoms with Crippen molar-refractivity contribution in [2.24, 2.45) is 5.73 Å². The number of rotatable bonds is 8. The molecule has 182 valence electrons. The maximum absolute atomic E-state index is 13.4. The molecular weight excluding hydrogens is 448 g/mol. The van der Waals surface area contributed by atoms with Gasteiger partial charge in [-0.1, -0.05) is 36.4 Å². The van der Waals surface area contributed by atoms with Crippen LogP contribution in [0.5, 0.6) is 0 Å². The number of nitrogens with zero attached hydrogens (tertiary/aromatic N) is 2. The fraction of sp³-hybridized carbons (Fsp3) is 0.269. The zero-order valence-electron chi connectivity index (χ0n) is 19.2. The molecule has 9 nitrogen and oxygen atoms in total. The van der Waals surface area contributed by atoms with Gasteiger partial charge in [0.2, 0.25) is 0 Å². The molecule has 1 saturated heterocycles. The van der Waals surface area contributed by atoms with Crippen molar-refractivity contribution in [2.75, 3.05) is 29.9 Å². The highest BCUT2D eigenvalue weighted by Crippen LogP contribution is 2.29. The number of furan rings is 1. The zero-order valence-corrected chi connectivity index (χ0v) is 19.2. The number of nitrogens with one attached hydrogen (secondary N) is 1. The first-order valence-electron chi connectivity index (χ1n) is 11.5. The van der Waals surface area contributed by atoms with Crippen molar-refractivity contribution in [3.8, 4) is 0 Å². The number of aliphatic carboxylic acids is 1. The highest BCUT2D eigenvalue weighted by Gasteiger charge is 2.33. The van der Waals surface area contributed by atoms with Gasteiger partial charge in [0.15, 0.2) is 5.76 Å². The number of benzene rings is 2. The predicted molar refractivity (Wildman–Crippen MR) is 131 cm³/mol. The van der Waals surface area contributed by atoms with Gasteiger partial charge in [-0.3, -0.25) is 9.59 Å². The first kappa shape index (κ1) is 24.0. The van der Waals surface area contributed by atoms with Gasteiger partial charge < -0.3 is 30.4 Å². The molecule has 1 unspecified atom stereocenters. The third-order valence-corrected chi connectivity index (χ3v) is 6.21. The van der Waals surface area contributed by atoms with Crippen LogP contribution >= 0.6 is 0 Å². The monoisotopic (exact) mass is 476 g/mol. The van der Waals surface area contributed by atoms with E-state index in [1.807, 2.05) is 30.3 Å². The molecular formula is C26H28N4O5. The average Bonchev–Trinajstić information content (AvgIpc) is 3.39. The first-order valence-corrected chi connectivity index (χ1v) is 11.5. The van der Waals surface area contributed by atoms with Crippen molar-refractivity contribution in [1.29, 1.82) is 0 Å². The van der Waals surface area contributed by atoms with Crippen LogP contribution in [0.2, 0.25) is 0 Å². The van der Waals surface area contributed by atoms with Crippen LogP contribution in [-0.4, -0.2) is 53.6 Å². The third-order valence-electron chi connectivity index (χ3n) is 6.21. The number of primary amides is 1. The summed E-state index contributed by atoms with van der Waals surface area (Å²) in [6.45, 7) is 1.68. The summed E-state index contributed by atoms with van der Waals surface area (Å²) in [5.41, 5.74) is 7.13. The average molecular weight is 477 g/mol. The molecule has 9 heteroatoms. The number of anilines is 2. The van der Waals surface area contributed by atoms with Gasteiger partial charge >= 0.3 is 12.0 Å². The maximum atomic E-state index is 13.4. The Hall–Kier alpha value is -4.11. The minimum atomic E-state index is -0.855. The van der Waals surface area contributed by atoms with Crippen LogP contribution in [0.4, 0.5) is 16.2 Å². The molecule has 1 aliphatic heterocycles. The summed E-state index contributed by atoms with van der Waals surface area (Å²) in [5, 5.41) is 12.3. The lowest BCUT2D eigenvalue weighted by atomic mass is 9.96. The standard InChI is InChI=1S/C26H28N4O5/c27-26(34)28-19-8-4-9-21(16-19)30(24(31)23-10-5-15-35-23)20-11-13-29(14-12-20)17-22(25(32)33)18-6-2-1-3-7-18/h1-10,15-16,20,22H,11-14,17H2,(H,32,33)(H3,27,28,34). The van der Waals surface area contributed by atoms with Crippen LogP contribution in [0.25, 0.3) is 0 Å². The Morgan fingerprint density at radius 2 is 1.80 bits per heavy atom. The Kier molecular flexibility index (Phi) is 7.47. The number of nitrogens with two attached hydrogens (primary N) is 1. The summed E-state index contributed by atoms with van der Waals surface area (Å²) in [4.78, 5) is 40.5. The van der Waals surface area contributed by atoms with E-state index in [4.69, 9.17) is 10.2 Å². The van der Waals surface area contributed by atoms with Crippen molar-refractivity contribution in [3.63, 3.8) is 0 Å². The summed E-state index contributed by atoms with van der Waals surface area (Å²) >= 11 is 0. The lowest BCUT2D eigenvalue weighted by Crippen LogP contribution is -2.48. The van der Waals surface area contributed by atoms with Crippen LogP contribution < -0.4 is 16.0 Å². The second kappa shape index (κ2) is 10.9. The maximum Gasteiger partial charge on any atom is 0.316 e. The van der Waals surface area contributed by atoms with E-state index in [1.165, 1.54) is 6.26 Å². The van der Waals surface area contributed by atoms with Crippen molar-refractivity contribution in [2.45, 2.75) is 24.8 Å². The molecule has 2 heterocycles. The molecule has 1 atom stereocenters. The number of carboxylic acids is 1. The molecule has 0 bridgehead atoms. The van der Waals surface area contributed by atoms with Crippen LogP contribution in [0, 0.1) is 0 Å². The fourth-order valence-electron chi connectivity index (χ4n) is 4.52. The Bertz CT molecular complexity index is 1160. The highest BCUT2D eigenvalue weighted by molar-refractivity contribution is 6.05. The molecule has 0 saturated carbocycles. The SMILES string of the molecule is NC(=O)Nc1cccc(N(C(=O)c2ccco2)C2CCN(CC(C(=O)O)c3ccccc3)CC2)c1. The molecule has 0 aliphatic carbocycles. The topological polar surface area (TPSA) is 129 Å². The first-order chi connectivity index (χ1) is 16.9. The largest absolute Gasteiger partial charge is 0.481 e. The summed E-state index contributed by atoms with van der Waals surface area (Å²) in [7, 11) is 0. The molecule has 1 fully saturated rings. The minimum Gasteiger partial charge on any atom is -0.481 e. The van der Waals surface area contributed by atoms with E-state index >= 15 is 0 Å². The molecule has 2 aromatic carbocycles. The quantitative estimate of drug-likeness (QED) is 0.454. The van der Waals surface area contributed by atoms with Gasteiger partial charge in [0.05, 0.1) is 12.2 Å². The molecule has 3 aromatic rings. The number of amides is 3. The van der Waals surface area contributed by atoms with Crippen LogP contribution in [0.3, 0.4) is 0 Å². The molecule has 0 radical (unpaired) electrons. The van der Waals surface area contributed by atoms with Gasteiger partial charge in [-0.25, -0.2) is 4.79 Å². The Balaban J connectivity index is 1.51. The number of hydrogen-bond donors (Lipinski definition) is 3. The Morgan fingerprint density at radius 1 is 1.06 bits per heavy atom. The van der Waals surface area contributed by atoms with Gasteiger partial charge in [0.25, 0.3) is 5.91 Å². The van der Waals surface area contributed by atoms with Gasteiger partial charge in [0, 0.05) is 37.1 Å². The Labute approximate surface area is 203 Å². The van der Waals surface area contributed by atoms with Gasteiger partial charge in [-0.15, -0.1) is 0 Å². The van der Waals surface area contributed by atoms with E-state index in [9.17, 15) is 19.5 Å². The third kappa shape index (κ3) is 5.88. The summed E-state index contributed by atoms with van der Waals surface area (Å²) in [6.07, 6.45) is 2.76. The molecule has 4 N–H and O–H groups in total. The molecule has 4 rings (SSSR count). The van der Waals surface area contributed by atoms with Crippen LogP contribution in [0.15, 0.2) is 77.4 Å². The summed E-state index contributed by atoms with van der Waals surface area (Å²) < 4.78 is 5.38. The van der Waals surface area contributed by atoms with Gasteiger partial charge in [-0.2, -0.15) is 0 Å². The van der Waals surface area contributed by atoms with Gasteiger partial charge in [-0.05, 0) is 48.7 Å². The molecule has 1 aromatic heterocycles. The number of carbonyl (C=O) groups is 3. The number of likely N-dealkylation sites (tertiary alicyclic amines) is 1. The summed E-state index contributed by atoms with van der Waals surface area (Å²) in [6, 6.07) is 18.6. The number of piperidine rings is 1. The zero-order chi connectivity index (χ0) is 24.8. The lowest BCUT2D eigenvalue weighted by Gasteiger charge is -2.39. The lowest BCUT2D eigenvalue weighted by molar-refractivity contribution is -0.139. The van der Waals surface area contributed by atoms with Crippen molar-refractivity contribution < 1.29 is 23.9 Å². The van der Waals surface area contributed by atoms with Crippen LogP contribution in [-0.2, 0) is 4.79 Å².